The van der Waals surface area contributed by atoms with E-state index < -0.39 is 33.2 Å². The van der Waals surface area contributed by atoms with Crippen molar-refractivity contribution in [2.45, 2.75) is 43.9 Å². The molecule has 0 saturated carbocycles. The number of hydrogen-bond acceptors (Lipinski definition) is 4. The number of aryl methyl sites for hydroxylation is 1. The van der Waals surface area contributed by atoms with Gasteiger partial charge in [-0.05, 0) is 56.0 Å². The van der Waals surface area contributed by atoms with Crippen LogP contribution in [0.3, 0.4) is 0 Å². The van der Waals surface area contributed by atoms with Crippen LogP contribution in [0.25, 0.3) is 0 Å². The van der Waals surface area contributed by atoms with Crippen LogP contribution in [-0.4, -0.2) is 43.3 Å². The number of nitrogens with one attached hydrogen (secondary N) is 2. The number of rotatable bonds is 4. The van der Waals surface area contributed by atoms with E-state index in [-0.39, 0.29) is 42.4 Å². The summed E-state index contributed by atoms with van der Waals surface area (Å²) in [4.78, 5) is 16.9. The molecule has 32 heavy (non-hydrogen) atoms. The summed E-state index contributed by atoms with van der Waals surface area (Å²) >= 11 is 0. The Kier molecular flexibility index (Phi) is 5.14. The lowest BCUT2D eigenvalue weighted by Gasteiger charge is -2.43. The number of aromatic nitrogens is 1. The fourth-order valence-corrected chi connectivity index (χ4v) is 5.53. The van der Waals surface area contributed by atoms with E-state index in [1.807, 2.05) is 0 Å². The third-order valence-corrected chi connectivity index (χ3v) is 7.38. The predicted molar refractivity (Wildman–Crippen MR) is 108 cm³/mol. The van der Waals surface area contributed by atoms with Crippen LogP contribution in [-0.2, 0) is 29.0 Å². The van der Waals surface area contributed by atoms with E-state index in [1.54, 1.807) is 13.8 Å². The highest BCUT2D eigenvalue weighted by atomic mass is 32.2. The van der Waals surface area contributed by atoms with E-state index in [0.29, 0.717) is 16.8 Å². The lowest BCUT2D eigenvalue weighted by molar-refractivity contribution is -0.137. The van der Waals surface area contributed by atoms with Crippen LogP contribution in [0.4, 0.5) is 13.2 Å². The van der Waals surface area contributed by atoms with Gasteiger partial charge in [-0.3, -0.25) is 4.79 Å². The van der Waals surface area contributed by atoms with Crippen molar-refractivity contribution in [3.63, 3.8) is 0 Å². The summed E-state index contributed by atoms with van der Waals surface area (Å²) < 4.78 is 67.1. The number of nitriles is 1. The molecule has 7 nitrogen and oxygen atoms in total. The monoisotopic (exact) mass is 466 g/mol. The van der Waals surface area contributed by atoms with Crippen LogP contribution in [0.15, 0.2) is 29.3 Å². The van der Waals surface area contributed by atoms with Crippen molar-refractivity contribution in [2.24, 2.45) is 5.41 Å². The Bertz CT molecular complexity index is 1240. The molecule has 1 fully saturated rings. The minimum Gasteiger partial charge on any atom is -0.348 e. The highest BCUT2D eigenvalue weighted by molar-refractivity contribution is 7.89. The number of fused-ring (bicyclic) bond motifs is 1. The maximum Gasteiger partial charge on any atom is 0.416 e. The minimum atomic E-state index is -4.46. The Balaban J connectivity index is 1.47. The molecule has 1 aliphatic carbocycles. The van der Waals surface area contributed by atoms with Gasteiger partial charge in [0.05, 0.1) is 22.6 Å². The molecule has 0 radical (unpaired) electrons. The summed E-state index contributed by atoms with van der Waals surface area (Å²) in [6.45, 7) is 3.87. The van der Waals surface area contributed by atoms with Crippen molar-refractivity contribution in [1.82, 2.24) is 14.6 Å². The maximum atomic E-state index is 12.9. The Morgan fingerprint density at radius 2 is 1.91 bits per heavy atom. The van der Waals surface area contributed by atoms with E-state index in [1.165, 1.54) is 17.0 Å². The van der Waals surface area contributed by atoms with Gasteiger partial charge in [0.2, 0.25) is 0 Å². The average molecular weight is 466 g/mol. The predicted octanol–water partition coefficient (Wildman–Crippen LogP) is 2.77. The smallest absolute Gasteiger partial charge is 0.348 e. The maximum absolute atomic E-state index is 12.9. The second kappa shape index (κ2) is 7.35. The quantitative estimate of drug-likeness (QED) is 0.723. The first-order valence-electron chi connectivity index (χ1n) is 9.93. The topological polar surface area (TPSA) is 106 Å². The van der Waals surface area contributed by atoms with E-state index in [2.05, 4.69) is 15.8 Å². The number of nitrogens with zero attached hydrogens (tertiary/aromatic N) is 2. The molecule has 1 saturated heterocycles. The summed E-state index contributed by atoms with van der Waals surface area (Å²) in [6, 6.07) is 6.24. The standard InChI is InChI=1S/C21H21F3N4O3S/c1-12-17(19(29)28-10-20(2,9-25)11-28)8-18(26-12)32(30,31)27-16-6-13-3-4-15(21(22,23)24)5-14(13)7-16/h3-5,8,16,26-27H,6-7,10-11H2,1-2H3/t16-/m1/s1. The lowest BCUT2D eigenvalue weighted by Crippen LogP contribution is -2.56. The van der Waals surface area contributed by atoms with Gasteiger partial charge in [-0.1, -0.05) is 6.07 Å². The highest BCUT2D eigenvalue weighted by Crippen LogP contribution is 2.34. The van der Waals surface area contributed by atoms with Crippen molar-refractivity contribution in [1.29, 1.82) is 5.26 Å². The molecule has 0 unspecified atom stereocenters. The van der Waals surface area contributed by atoms with Crippen molar-refractivity contribution in [3.8, 4) is 6.07 Å². The van der Waals surface area contributed by atoms with E-state index in [4.69, 9.17) is 5.26 Å². The third kappa shape index (κ3) is 4.00. The van der Waals surface area contributed by atoms with Crippen LogP contribution < -0.4 is 4.72 Å². The van der Waals surface area contributed by atoms with Gasteiger partial charge >= 0.3 is 6.18 Å². The Labute approximate surface area is 183 Å². The number of halogens is 3. The molecular formula is C21H21F3N4O3S. The second-order valence-electron chi connectivity index (χ2n) is 8.71. The number of hydrogen-bond donors (Lipinski definition) is 2. The number of benzene rings is 1. The first kappa shape index (κ1) is 22.4. The SMILES string of the molecule is Cc1[nH]c(S(=O)(=O)N[C@@H]2Cc3ccc(C(F)(F)F)cc3C2)cc1C(=O)N1CC(C)(C#N)C1. The van der Waals surface area contributed by atoms with Crippen molar-refractivity contribution in [3.05, 3.63) is 52.2 Å². The fraction of sp³-hybridized carbons (Fsp3) is 0.429. The molecule has 1 amide bonds. The van der Waals surface area contributed by atoms with Crippen molar-refractivity contribution >= 4 is 15.9 Å². The van der Waals surface area contributed by atoms with Gasteiger partial charge < -0.3 is 9.88 Å². The number of aromatic amines is 1. The first-order chi connectivity index (χ1) is 14.8. The van der Waals surface area contributed by atoms with Gasteiger partial charge in [-0.15, -0.1) is 0 Å². The van der Waals surface area contributed by atoms with Gasteiger partial charge in [0.15, 0.2) is 0 Å². The van der Waals surface area contributed by atoms with Gasteiger partial charge in [0.25, 0.3) is 15.9 Å². The zero-order valence-corrected chi connectivity index (χ0v) is 18.2. The van der Waals surface area contributed by atoms with E-state index in [0.717, 1.165) is 12.1 Å². The zero-order valence-electron chi connectivity index (χ0n) is 17.4. The zero-order chi connectivity index (χ0) is 23.5. The first-order valence-corrected chi connectivity index (χ1v) is 11.4. The van der Waals surface area contributed by atoms with E-state index in [9.17, 15) is 26.4 Å². The third-order valence-electron chi connectivity index (χ3n) is 5.93. The molecule has 0 bridgehead atoms. The number of carbonyl (C=O) groups excluding carboxylic acids is 1. The highest BCUT2D eigenvalue weighted by Gasteiger charge is 2.42. The summed E-state index contributed by atoms with van der Waals surface area (Å²) in [5, 5.41) is 8.91. The van der Waals surface area contributed by atoms with Crippen molar-refractivity contribution < 1.29 is 26.4 Å². The van der Waals surface area contributed by atoms with Gasteiger partial charge in [-0.2, -0.15) is 18.4 Å². The summed E-state index contributed by atoms with van der Waals surface area (Å²) in [5.41, 5.74) is 0.355. The largest absolute Gasteiger partial charge is 0.416 e. The Morgan fingerprint density at radius 3 is 2.53 bits per heavy atom. The number of carbonyl (C=O) groups is 1. The number of amides is 1. The number of sulfonamides is 1. The normalized spacial score (nSPS) is 19.9. The molecule has 170 valence electrons. The number of alkyl halides is 3. The van der Waals surface area contributed by atoms with Crippen LogP contribution in [0.1, 0.15) is 39.7 Å². The van der Waals surface area contributed by atoms with Crippen LogP contribution in [0.2, 0.25) is 0 Å². The lowest BCUT2D eigenvalue weighted by atomic mass is 9.83. The van der Waals surface area contributed by atoms with Gasteiger partial charge in [-0.25, -0.2) is 13.1 Å². The average Bonchev–Trinajstić information content (AvgIpc) is 3.26. The fourth-order valence-electron chi connectivity index (χ4n) is 4.24. The summed E-state index contributed by atoms with van der Waals surface area (Å²) in [6.07, 6.45) is -4.04. The molecule has 0 spiro atoms. The Morgan fingerprint density at radius 1 is 1.25 bits per heavy atom. The van der Waals surface area contributed by atoms with Crippen LogP contribution in [0.5, 0.6) is 0 Å². The molecule has 2 heterocycles. The molecular weight excluding hydrogens is 445 g/mol. The Hall–Kier alpha value is -2.84. The van der Waals surface area contributed by atoms with Gasteiger partial charge in [0, 0.05) is 24.8 Å². The van der Waals surface area contributed by atoms with Gasteiger partial charge in [0.1, 0.15) is 5.03 Å². The molecule has 1 aromatic heterocycles. The van der Waals surface area contributed by atoms with Crippen molar-refractivity contribution in [2.75, 3.05) is 13.1 Å². The molecule has 1 aliphatic heterocycles. The molecule has 1 aromatic carbocycles. The summed E-state index contributed by atoms with van der Waals surface area (Å²) in [7, 11) is -4.03. The molecule has 4 rings (SSSR count). The molecule has 2 aliphatic rings. The molecule has 2 N–H and O–H groups in total. The summed E-state index contributed by atoms with van der Waals surface area (Å²) in [5.74, 6) is -0.360. The van der Waals surface area contributed by atoms with Crippen LogP contribution in [0, 0.1) is 23.7 Å². The van der Waals surface area contributed by atoms with E-state index >= 15 is 0 Å². The number of likely N-dealkylation sites (tertiary alicyclic amines) is 1. The molecule has 2 aromatic rings. The number of H-pyrrole nitrogens is 1. The minimum absolute atomic E-state index is 0.143. The second-order valence-corrected chi connectivity index (χ2v) is 10.4. The molecule has 1 atom stereocenters. The molecule has 11 heteroatoms. The van der Waals surface area contributed by atoms with Crippen LogP contribution >= 0.6 is 0 Å².